The van der Waals surface area contributed by atoms with E-state index in [0.29, 0.717) is 29.8 Å². The summed E-state index contributed by atoms with van der Waals surface area (Å²) in [4.78, 5) is 36.0. The summed E-state index contributed by atoms with van der Waals surface area (Å²) in [5.41, 5.74) is -0.692. The minimum absolute atomic E-state index is 0.0361. The number of nitrogens with two attached hydrogens (primary N) is 1. The highest BCUT2D eigenvalue weighted by Crippen LogP contribution is 2.38. The lowest BCUT2D eigenvalue weighted by atomic mass is 9.76. The van der Waals surface area contributed by atoms with Crippen molar-refractivity contribution in [2.45, 2.75) is 96.3 Å². The minimum Gasteiger partial charge on any atom is -0.375 e. The molecule has 238 valence electrons. The number of hydrazine groups is 1. The van der Waals surface area contributed by atoms with Gasteiger partial charge in [0.05, 0.1) is 6.61 Å². The van der Waals surface area contributed by atoms with Crippen LogP contribution in [0, 0.1) is 5.41 Å². The van der Waals surface area contributed by atoms with E-state index >= 15 is 0 Å². The average Bonchev–Trinajstić information content (AvgIpc) is 2.94. The molecular weight excluding hydrogens is 562 g/mol. The number of unbranched alkanes of at least 4 members (excludes halogenated alkanes) is 1. The molecule has 1 atom stereocenters. The molecule has 1 unspecified atom stereocenters. The van der Waals surface area contributed by atoms with Crippen LogP contribution in [0.15, 0.2) is 66.4 Å². The van der Waals surface area contributed by atoms with Gasteiger partial charge in [0.2, 0.25) is 5.79 Å². The molecule has 0 heterocycles. The van der Waals surface area contributed by atoms with Crippen LogP contribution in [0.3, 0.4) is 0 Å². The van der Waals surface area contributed by atoms with Gasteiger partial charge in [0.25, 0.3) is 0 Å². The number of amides is 1. The predicted molar refractivity (Wildman–Crippen MR) is 172 cm³/mol. The van der Waals surface area contributed by atoms with Gasteiger partial charge in [0.1, 0.15) is 5.54 Å². The summed E-state index contributed by atoms with van der Waals surface area (Å²) in [6, 6.07) is 19.7. The van der Waals surface area contributed by atoms with Crippen LogP contribution in [0.1, 0.15) is 57.6 Å². The third kappa shape index (κ3) is 11.6. The molecule has 0 aliphatic rings. The average molecular weight is 614 g/mol. The summed E-state index contributed by atoms with van der Waals surface area (Å²) >= 11 is 0. The van der Waals surface area contributed by atoms with Crippen molar-refractivity contribution < 1.29 is 29.6 Å². The molecule has 0 aliphatic carbocycles. The highest BCUT2D eigenvalue weighted by atomic mass is 28.3. The van der Waals surface area contributed by atoms with Crippen molar-refractivity contribution >= 4 is 20.1 Å². The largest absolute Gasteiger partial charge is 0.456 e. The molecule has 0 aliphatic heterocycles. The number of carbonyl (C=O) groups excluding carboxylic acids is 2. The maximum absolute atomic E-state index is 13.4. The van der Waals surface area contributed by atoms with E-state index in [-0.39, 0.29) is 31.4 Å². The molecular formula is C33H51N3O6Si. The van der Waals surface area contributed by atoms with Crippen molar-refractivity contribution in [3.8, 4) is 0 Å². The molecule has 0 bridgehead atoms. The second-order valence-corrected chi connectivity index (χ2v) is 19.2. The Hall–Kier alpha value is -2.98. The number of carbonyl (C=O) groups is 1. The lowest BCUT2D eigenvalue weighted by Crippen LogP contribution is -2.71. The fourth-order valence-corrected chi connectivity index (χ4v) is 5.46. The van der Waals surface area contributed by atoms with Crippen molar-refractivity contribution in [1.82, 2.24) is 10.3 Å². The summed E-state index contributed by atoms with van der Waals surface area (Å²) in [5.74, 6) is 5.26. The molecule has 10 heteroatoms. The van der Waals surface area contributed by atoms with Gasteiger partial charge in [-0.15, -0.1) is 0 Å². The van der Waals surface area contributed by atoms with Crippen LogP contribution in [-0.2, 0) is 27.4 Å². The number of nitrogens with zero attached hydrogens (tertiary/aromatic N) is 1. The molecule has 0 radical (unpaired) electrons. The van der Waals surface area contributed by atoms with Crippen LogP contribution in [0.2, 0.25) is 25.7 Å². The molecule has 0 saturated heterocycles. The van der Waals surface area contributed by atoms with Crippen LogP contribution in [-0.4, -0.2) is 59.8 Å². The molecule has 0 spiro atoms. The van der Waals surface area contributed by atoms with Gasteiger partial charge in [-0.25, -0.2) is 20.4 Å². The standard InChI is InChI=1S/C33H51N3O6Si/c1-31(2,3)21-22-35-29(26-37)33(39,40)32(25-28-18-11-8-12-19-28,20-14-13-17-27-15-9-7-10-16-27)36(34)30(38)42-41-23-24-43(4,5)6/h7-12,15-16,18-19,35,39-40H,13-14,17,20-25,34H2,1-6H3. The predicted octanol–water partition coefficient (Wildman–Crippen LogP) is 5.39. The fourth-order valence-electron chi connectivity index (χ4n) is 4.76. The molecule has 9 nitrogen and oxygen atoms in total. The van der Waals surface area contributed by atoms with Gasteiger partial charge in [-0.3, -0.25) is 4.89 Å². The van der Waals surface area contributed by atoms with Crippen molar-refractivity contribution in [2.75, 3.05) is 13.2 Å². The fraction of sp³-hybridized carbons (Fsp3) is 0.545. The SMILES string of the molecule is CC(C)(C)CCNC(=C=O)C(O)(O)C(CCCCc1ccccc1)(Cc1ccccc1)N(N)C(=O)OOCC[Si](C)(C)C. The number of aliphatic hydroxyl groups is 2. The lowest BCUT2D eigenvalue weighted by Gasteiger charge is -2.48. The normalized spacial score (nSPS) is 13.5. The molecule has 2 aromatic rings. The van der Waals surface area contributed by atoms with E-state index in [0.717, 1.165) is 18.0 Å². The van der Waals surface area contributed by atoms with Crippen LogP contribution >= 0.6 is 0 Å². The second-order valence-electron chi connectivity index (χ2n) is 13.6. The van der Waals surface area contributed by atoms with Gasteiger partial charge in [-0.05, 0) is 48.3 Å². The van der Waals surface area contributed by atoms with Gasteiger partial charge in [0.15, 0.2) is 11.6 Å². The van der Waals surface area contributed by atoms with Crippen molar-refractivity contribution in [3.05, 3.63) is 77.5 Å². The van der Waals surface area contributed by atoms with Crippen LogP contribution in [0.4, 0.5) is 4.79 Å². The van der Waals surface area contributed by atoms with Crippen LogP contribution in [0.25, 0.3) is 0 Å². The quantitative estimate of drug-likeness (QED) is 0.0273. The minimum atomic E-state index is -2.92. The summed E-state index contributed by atoms with van der Waals surface area (Å²) < 4.78 is 0. The molecule has 1 amide bonds. The van der Waals surface area contributed by atoms with Gasteiger partial charge >= 0.3 is 6.09 Å². The van der Waals surface area contributed by atoms with E-state index < -0.39 is 31.2 Å². The molecule has 2 rings (SSSR count). The van der Waals surface area contributed by atoms with Crippen molar-refractivity contribution in [3.63, 3.8) is 0 Å². The molecule has 0 saturated carbocycles. The molecule has 2 aromatic carbocycles. The van der Waals surface area contributed by atoms with E-state index in [2.05, 4.69) is 25.0 Å². The highest BCUT2D eigenvalue weighted by Gasteiger charge is 2.58. The maximum Gasteiger partial charge on any atom is 0.456 e. The van der Waals surface area contributed by atoms with Gasteiger partial charge < -0.3 is 15.5 Å². The molecule has 0 aromatic heterocycles. The van der Waals surface area contributed by atoms with Crippen molar-refractivity contribution in [2.24, 2.45) is 11.3 Å². The number of hydrogen-bond donors (Lipinski definition) is 4. The Bertz CT molecular complexity index is 1170. The summed E-state index contributed by atoms with van der Waals surface area (Å²) in [7, 11) is -1.47. The smallest absolute Gasteiger partial charge is 0.375 e. The first-order chi connectivity index (χ1) is 20.1. The Kier molecular flexibility index (Phi) is 13.6. The number of rotatable bonds is 17. The van der Waals surface area contributed by atoms with E-state index in [1.54, 1.807) is 18.1 Å². The van der Waals surface area contributed by atoms with Crippen LogP contribution in [0.5, 0.6) is 0 Å². The Morgan fingerprint density at radius 2 is 1.53 bits per heavy atom. The summed E-state index contributed by atoms with van der Waals surface area (Å²) in [5, 5.41) is 27.4. The number of hydrogen-bond acceptors (Lipinski definition) is 8. The zero-order valence-corrected chi connectivity index (χ0v) is 27.7. The lowest BCUT2D eigenvalue weighted by molar-refractivity contribution is -0.265. The summed E-state index contributed by atoms with van der Waals surface area (Å²) in [6.07, 6.45) is 1.35. The topological polar surface area (TPSA) is 134 Å². The van der Waals surface area contributed by atoms with Gasteiger partial charge in [-0.2, -0.15) is 4.89 Å². The van der Waals surface area contributed by atoms with E-state index in [1.807, 2.05) is 69.3 Å². The number of aryl methyl sites for hydroxylation is 1. The molecule has 0 fully saturated rings. The second kappa shape index (κ2) is 16.2. The zero-order chi connectivity index (χ0) is 32.2. The third-order valence-electron chi connectivity index (χ3n) is 7.49. The first-order valence-electron chi connectivity index (χ1n) is 15.0. The zero-order valence-electron chi connectivity index (χ0n) is 26.7. The molecule has 5 N–H and O–H groups in total. The van der Waals surface area contributed by atoms with Gasteiger partial charge in [0, 0.05) is 21.0 Å². The number of nitrogens with one attached hydrogen (secondary N) is 1. The van der Waals surface area contributed by atoms with Crippen molar-refractivity contribution in [1.29, 1.82) is 0 Å². The van der Waals surface area contributed by atoms with E-state index in [4.69, 9.17) is 15.6 Å². The molecule has 43 heavy (non-hydrogen) atoms. The van der Waals surface area contributed by atoms with E-state index in [9.17, 15) is 19.8 Å². The Morgan fingerprint density at radius 3 is 2.07 bits per heavy atom. The Morgan fingerprint density at radius 1 is 0.953 bits per heavy atom. The summed E-state index contributed by atoms with van der Waals surface area (Å²) in [6.45, 7) is 13.1. The monoisotopic (exact) mass is 613 g/mol. The first kappa shape index (κ1) is 36.2. The van der Waals surface area contributed by atoms with E-state index in [1.165, 1.54) is 0 Å². The maximum atomic E-state index is 13.4. The first-order valence-corrected chi connectivity index (χ1v) is 18.7. The Balaban J connectivity index is 2.47. The number of benzene rings is 2. The Labute approximate surface area is 258 Å². The third-order valence-corrected chi connectivity index (χ3v) is 9.19. The van der Waals surface area contributed by atoms with Crippen LogP contribution < -0.4 is 11.2 Å². The van der Waals surface area contributed by atoms with Gasteiger partial charge in [-0.1, -0.05) is 107 Å². The highest BCUT2D eigenvalue weighted by molar-refractivity contribution is 6.76.